The highest BCUT2D eigenvalue weighted by atomic mass is 16.5. The summed E-state index contributed by atoms with van der Waals surface area (Å²) in [5.41, 5.74) is 2.49. The highest BCUT2D eigenvalue weighted by Crippen LogP contribution is 2.50. The molecule has 1 amide bonds. The zero-order chi connectivity index (χ0) is 22.3. The van der Waals surface area contributed by atoms with Crippen LogP contribution in [0.25, 0.3) is 0 Å². The maximum absolute atomic E-state index is 13.0. The molecule has 32 heavy (non-hydrogen) atoms. The van der Waals surface area contributed by atoms with Gasteiger partial charge < -0.3 is 9.84 Å². The summed E-state index contributed by atoms with van der Waals surface area (Å²) in [5.74, 6) is 1.67. The zero-order valence-electron chi connectivity index (χ0n) is 18.9. The largest absolute Gasteiger partial charge is 0.349 e. The van der Waals surface area contributed by atoms with E-state index in [0.717, 1.165) is 44.7 Å². The highest BCUT2D eigenvalue weighted by Gasteiger charge is 2.57. The molecule has 2 fully saturated rings. The van der Waals surface area contributed by atoms with E-state index in [0.29, 0.717) is 23.2 Å². The quantitative estimate of drug-likeness (QED) is 0.642. The van der Waals surface area contributed by atoms with Crippen molar-refractivity contribution < 1.29 is 9.32 Å². The van der Waals surface area contributed by atoms with Gasteiger partial charge in [-0.3, -0.25) is 14.4 Å². The number of aryl methyl sites for hydroxylation is 3. The van der Waals surface area contributed by atoms with E-state index in [4.69, 9.17) is 4.52 Å². The highest BCUT2D eigenvalue weighted by molar-refractivity contribution is 5.95. The maximum Gasteiger partial charge on any atom is 0.254 e. The van der Waals surface area contributed by atoms with Crippen molar-refractivity contribution in [1.82, 2.24) is 30.1 Å². The van der Waals surface area contributed by atoms with E-state index in [1.165, 1.54) is 5.56 Å². The summed E-state index contributed by atoms with van der Waals surface area (Å²) in [6.45, 7) is 9.22. The molecule has 168 valence electrons. The second-order valence-electron chi connectivity index (χ2n) is 9.25. The lowest BCUT2D eigenvalue weighted by Gasteiger charge is -2.25. The van der Waals surface area contributed by atoms with Gasteiger partial charge in [-0.25, -0.2) is 0 Å². The van der Waals surface area contributed by atoms with Gasteiger partial charge in [0.1, 0.15) is 0 Å². The van der Waals surface area contributed by atoms with Crippen molar-refractivity contribution in [2.24, 2.45) is 5.92 Å². The molecule has 1 aliphatic carbocycles. The molecule has 1 aromatic carbocycles. The van der Waals surface area contributed by atoms with Gasteiger partial charge in [0.15, 0.2) is 5.82 Å². The summed E-state index contributed by atoms with van der Waals surface area (Å²) in [6, 6.07) is 10.6. The number of benzene rings is 1. The van der Waals surface area contributed by atoms with Crippen LogP contribution < -0.4 is 5.32 Å². The van der Waals surface area contributed by atoms with E-state index in [1.807, 2.05) is 33.0 Å². The Morgan fingerprint density at radius 3 is 2.78 bits per heavy atom. The summed E-state index contributed by atoms with van der Waals surface area (Å²) in [6.07, 6.45) is 3.54. The summed E-state index contributed by atoms with van der Waals surface area (Å²) >= 11 is 0. The third-order valence-electron chi connectivity index (χ3n) is 7.00. The van der Waals surface area contributed by atoms with Gasteiger partial charge >= 0.3 is 0 Å². The zero-order valence-corrected chi connectivity index (χ0v) is 18.9. The minimum Gasteiger partial charge on any atom is -0.349 e. The van der Waals surface area contributed by atoms with Crippen molar-refractivity contribution in [3.8, 4) is 0 Å². The molecule has 3 atom stereocenters. The first-order valence-corrected chi connectivity index (χ1v) is 11.4. The smallest absolute Gasteiger partial charge is 0.254 e. The van der Waals surface area contributed by atoms with E-state index in [-0.39, 0.29) is 17.4 Å². The van der Waals surface area contributed by atoms with Gasteiger partial charge in [0, 0.05) is 38.4 Å². The van der Waals surface area contributed by atoms with Gasteiger partial charge in [-0.05, 0) is 45.1 Å². The minimum absolute atomic E-state index is 0.0508. The predicted octanol–water partition coefficient (Wildman–Crippen LogP) is 2.87. The minimum atomic E-state index is -0.226. The third-order valence-corrected chi connectivity index (χ3v) is 7.00. The molecule has 8 nitrogen and oxygen atoms in total. The number of hydrogen-bond donors (Lipinski definition) is 1. The average molecular weight is 435 g/mol. The number of rotatable bonds is 6. The standard InChI is InChI=1S/C24H30N6O2/c1-4-30-14-21(16(2)27-30)22(31)26-20-10-19-13-29(12-18-8-6-5-7-9-18)15-24(19,11-20)23-25-17(3)28-32-23/h5-9,14,19-20H,4,10-13,15H2,1-3H3,(H,26,31)/t19-,20+,24-/m0/s1. The van der Waals surface area contributed by atoms with Crippen LogP contribution in [0.15, 0.2) is 41.1 Å². The molecule has 1 saturated carbocycles. The lowest BCUT2D eigenvalue weighted by Crippen LogP contribution is -2.38. The number of carbonyl (C=O) groups is 1. The van der Waals surface area contributed by atoms with Crippen molar-refractivity contribution in [3.05, 3.63) is 65.1 Å². The normalized spacial score (nSPS) is 25.2. The lowest BCUT2D eigenvalue weighted by molar-refractivity contribution is 0.0933. The molecular formula is C24H30N6O2. The van der Waals surface area contributed by atoms with Crippen molar-refractivity contribution in [2.45, 2.75) is 58.2 Å². The number of likely N-dealkylation sites (tertiary alicyclic amines) is 1. The van der Waals surface area contributed by atoms with Crippen molar-refractivity contribution >= 4 is 5.91 Å². The molecule has 1 N–H and O–H groups in total. The molecule has 0 radical (unpaired) electrons. The van der Waals surface area contributed by atoms with Gasteiger partial charge in [0.25, 0.3) is 5.91 Å². The Balaban J connectivity index is 1.35. The van der Waals surface area contributed by atoms with Crippen molar-refractivity contribution in [3.63, 3.8) is 0 Å². The second kappa shape index (κ2) is 8.16. The summed E-state index contributed by atoms with van der Waals surface area (Å²) < 4.78 is 7.52. The van der Waals surface area contributed by atoms with Gasteiger partial charge in [-0.15, -0.1) is 0 Å². The maximum atomic E-state index is 13.0. The molecule has 0 spiro atoms. The van der Waals surface area contributed by atoms with Crippen LogP contribution in [0.4, 0.5) is 0 Å². The Kier molecular flexibility index (Phi) is 5.33. The Labute approximate surface area is 188 Å². The van der Waals surface area contributed by atoms with Crippen LogP contribution in [-0.2, 0) is 18.5 Å². The monoisotopic (exact) mass is 434 g/mol. The molecule has 5 rings (SSSR count). The number of fused-ring (bicyclic) bond motifs is 1. The molecule has 3 aromatic rings. The van der Waals surface area contributed by atoms with Gasteiger partial charge in [0.2, 0.25) is 5.89 Å². The first-order chi connectivity index (χ1) is 15.5. The Morgan fingerprint density at radius 1 is 1.28 bits per heavy atom. The predicted molar refractivity (Wildman–Crippen MR) is 119 cm³/mol. The van der Waals surface area contributed by atoms with Crippen LogP contribution in [-0.4, -0.2) is 49.9 Å². The van der Waals surface area contributed by atoms with Crippen LogP contribution in [0.2, 0.25) is 0 Å². The topological polar surface area (TPSA) is 89.1 Å². The molecular weight excluding hydrogens is 404 g/mol. The van der Waals surface area contributed by atoms with E-state index in [9.17, 15) is 4.79 Å². The molecule has 1 aliphatic heterocycles. The van der Waals surface area contributed by atoms with E-state index in [2.05, 4.69) is 49.7 Å². The van der Waals surface area contributed by atoms with Crippen LogP contribution in [0.1, 0.15) is 53.1 Å². The van der Waals surface area contributed by atoms with Gasteiger partial charge in [-0.1, -0.05) is 35.5 Å². The number of amides is 1. The van der Waals surface area contributed by atoms with E-state index < -0.39 is 0 Å². The molecule has 2 aromatic heterocycles. The third kappa shape index (κ3) is 3.72. The van der Waals surface area contributed by atoms with Crippen LogP contribution in [0, 0.1) is 19.8 Å². The van der Waals surface area contributed by atoms with Crippen molar-refractivity contribution in [2.75, 3.05) is 13.1 Å². The van der Waals surface area contributed by atoms with Crippen molar-refractivity contribution in [1.29, 1.82) is 0 Å². The number of nitrogens with zero attached hydrogens (tertiary/aromatic N) is 5. The Morgan fingerprint density at radius 2 is 2.09 bits per heavy atom. The number of nitrogens with one attached hydrogen (secondary N) is 1. The molecule has 3 heterocycles. The Bertz CT molecular complexity index is 1110. The number of hydrogen-bond acceptors (Lipinski definition) is 6. The molecule has 0 unspecified atom stereocenters. The Hall–Kier alpha value is -3.00. The second-order valence-corrected chi connectivity index (χ2v) is 9.25. The van der Waals surface area contributed by atoms with Crippen LogP contribution in [0.5, 0.6) is 0 Å². The molecule has 0 bridgehead atoms. The van der Waals surface area contributed by atoms with Gasteiger partial charge in [-0.2, -0.15) is 10.1 Å². The fraction of sp³-hybridized carbons (Fsp3) is 0.500. The first kappa shape index (κ1) is 20.9. The summed E-state index contributed by atoms with van der Waals surface area (Å²) in [4.78, 5) is 20.1. The lowest BCUT2D eigenvalue weighted by atomic mass is 9.80. The number of carbonyl (C=O) groups excluding carboxylic acids is 1. The first-order valence-electron chi connectivity index (χ1n) is 11.4. The van der Waals surface area contributed by atoms with Crippen LogP contribution in [0.3, 0.4) is 0 Å². The summed E-state index contributed by atoms with van der Waals surface area (Å²) in [7, 11) is 0. The SMILES string of the molecule is CCn1cc(C(=O)N[C@@H]2C[C@H]3CN(Cc4ccccc4)C[C@@]3(c3nc(C)no3)C2)c(C)n1. The van der Waals surface area contributed by atoms with Gasteiger partial charge in [0.05, 0.1) is 16.7 Å². The summed E-state index contributed by atoms with van der Waals surface area (Å²) in [5, 5.41) is 11.8. The molecule has 2 aliphatic rings. The van der Waals surface area contributed by atoms with E-state index in [1.54, 1.807) is 4.68 Å². The fourth-order valence-corrected chi connectivity index (χ4v) is 5.54. The average Bonchev–Trinajstić information content (AvgIpc) is 3.51. The molecule has 8 heteroatoms. The van der Waals surface area contributed by atoms with E-state index >= 15 is 0 Å². The van der Waals surface area contributed by atoms with Crippen LogP contribution >= 0.6 is 0 Å². The fourth-order valence-electron chi connectivity index (χ4n) is 5.54. The molecule has 1 saturated heterocycles. The number of aromatic nitrogens is 4.